The highest BCUT2D eigenvalue weighted by Crippen LogP contribution is 2.49. The maximum Gasteiger partial charge on any atom is 0.203 e. The standard InChI is InChI=1S/C20H23BrO5/c1-22-16-10-15(21)17(20(24-3)19(16)23-2)18-14(11-25-12-26-18)9-13-7-5-4-6-8-13/h4-8,10,14,18H,9,11-12H2,1-3H3/t14-,18-/m1/s1. The molecule has 0 aliphatic carbocycles. The van der Waals surface area contributed by atoms with Crippen LogP contribution in [0.5, 0.6) is 17.2 Å². The predicted molar refractivity (Wildman–Crippen MR) is 102 cm³/mol. The fourth-order valence-corrected chi connectivity index (χ4v) is 3.97. The summed E-state index contributed by atoms with van der Waals surface area (Å²) in [4.78, 5) is 0. The Morgan fingerprint density at radius 1 is 1.04 bits per heavy atom. The third-order valence-corrected chi connectivity index (χ3v) is 5.19. The summed E-state index contributed by atoms with van der Waals surface area (Å²) in [6.07, 6.45) is 0.656. The molecule has 2 aromatic carbocycles. The predicted octanol–water partition coefficient (Wildman–Crippen LogP) is 4.38. The Kier molecular flexibility index (Phi) is 6.40. The Morgan fingerprint density at radius 3 is 2.42 bits per heavy atom. The zero-order chi connectivity index (χ0) is 18.5. The third kappa shape index (κ3) is 3.82. The van der Waals surface area contributed by atoms with Crippen molar-refractivity contribution >= 4 is 15.9 Å². The molecule has 2 atom stereocenters. The van der Waals surface area contributed by atoms with Gasteiger partial charge in [-0.1, -0.05) is 46.3 Å². The second kappa shape index (κ2) is 8.75. The van der Waals surface area contributed by atoms with E-state index in [1.807, 2.05) is 24.3 Å². The van der Waals surface area contributed by atoms with Gasteiger partial charge in [0.15, 0.2) is 11.5 Å². The Morgan fingerprint density at radius 2 is 1.77 bits per heavy atom. The fourth-order valence-electron chi connectivity index (χ4n) is 3.36. The van der Waals surface area contributed by atoms with Gasteiger partial charge in [-0.15, -0.1) is 0 Å². The molecule has 0 aromatic heterocycles. The van der Waals surface area contributed by atoms with Crippen molar-refractivity contribution in [3.8, 4) is 17.2 Å². The number of ether oxygens (including phenoxy) is 5. The summed E-state index contributed by atoms with van der Waals surface area (Å²) in [5.74, 6) is 1.92. The van der Waals surface area contributed by atoms with Crippen LogP contribution >= 0.6 is 15.9 Å². The molecule has 6 heteroatoms. The second-order valence-corrected chi connectivity index (χ2v) is 6.92. The molecule has 5 nitrogen and oxygen atoms in total. The van der Waals surface area contributed by atoms with Crippen LogP contribution in [0, 0.1) is 5.92 Å². The summed E-state index contributed by atoms with van der Waals surface area (Å²) in [6.45, 7) is 0.864. The molecule has 3 rings (SSSR count). The number of hydrogen-bond acceptors (Lipinski definition) is 5. The van der Waals surface area contributed by atoms with E-state index in [9.17, 15) is 0 Å². The smallest absolute Gasteiger partial charge is 0.203 e. The van der Waals surface area contributed by atoms with Crippen molar-refractivity contribution in [2.45, 2.75) is 12.5 Å². The monoisotopic (exact) mass is 422 g/mol. The molecule has 1 aliphatic heterocycles. The molecule has 0 amide bonds. The maximum atomic E-state index is 6.02. The molecule has 1 aliphatic rings. The van der Waals surface area contributed by atoms with Gasteiger partial charge in [-0.3, -0.25) is 0 Å². The van der Waals surface area contributed by atoms with Gasteiger partial charge in [-0.25, -0.2) is 0 Å². The van der Waals surface area contributed by atoms with Gasteiger partial charge in [0.05, 0.1) is 34.0 Å². The van der Waals surface area contributed by atoms with Crippen molar-refractivity contribution in [2.24, 2.45) is 5.92 Å². The van der Waals surface area contributed by atoms with Crippen LogP contribution in [0.15, 0.2) is 40.9 Å². The van der Waals surface area contributed by atoms with E-state index < -0.39 is 0 Å². The molecule has 0 unspecified atom stereocenters. The Balaban J connectivity index is 2.01. The highest BCUT2D eigenvalue weighted by atomic mass is 79.9. The molecule has 0 saturated carbocycles. The molecule has 0 radical (unpaired) electrons. The Labute approximate surface area is 162 Å². The van der Waals surface area contributed by atoms with E-state index >= 15 is 0 Å². The normalized spacial score (nSPS) is 19.8. The van der Waals surface area contributed by atoms with E-state index in [4.69, 9.17) is 23.7 Å². The van der Waals surface area contributed by atoms with Crippen LogP contribution in [0.3, 0.4) is 0 Å². The molecule has 0 spiro atoms. The molecule has 1 saturated heterocycles. The first kappa shape index (κ1) is 19.0. The van der Waals surface area contributed by atoms with E-state index in [0.29, 0.717) is 23.9 Å². The summed E-state index contributed by atoms with van der Waals surface area (Å²) in [5, 5.41) is 0. The lowest BCUT2D eigenvalue weighted by atomic mass is 9.89. The zero-order valence-electron chi connectivity index (χ0n) is 15.2. The van der Waals surface area contributed by atoms with Crippen LogP contribution in [0.1, 0.15) is 17.2 Å². The van der Waals surface area contributed by atoms with E-state index in [0.717, 1.165) is 16.5 Å². The first-order valence-electron chi connectivity index (χ1n) is 8.41. The summed E-state index contributed by atoms with van der Waals surface area (Å²) < 4.78 is 29.1. The summed E-state index contributed by atoms with van der Waals surface area (Å²) >= 11 is 3.66. The molecular formula is C20H23BrO5. The summed E-state index contributed by atoms with van der Waals surface area (Å²) in [6, 6.07) is 12.2. The number of rotatable bonds is 6. The minimum Gasteiger partial charge on any atom is -0.493 e. The summed E-state index contributed by atoms with van der Waals surface area (Å²) in [5.41, 5.74) is 2.15. The van der Waals surface area contributed by atoms with Crippen LogP contribution in [-0.2, 0) is 15.9 Å². The van der Waals surface area contributed by atoms with Crippen molar-refractivity contribution in [3.05, 3.63) is 52.0 Å². The van der Waals surface area contributed by atoms with Crippen LogP contribution < -0.4 is 14.2 Å². The largest absolute Gasteiger partial charge is 0.493 e. The van der Waals surface area contributed by atoms with Crippen LogP contribution in [0.2, 0.25) is 0 Å². The molecule has 140 valence electrons. The fraction of sp³-hybridized carbons (Fsp3) is 0.400. The lowest BCUT2D eigenvalue weighted by Crippen LogP contribution is -2.30. The molecule has 1 heterocycles. The van der Waals surface area contributed by atoms with Gasteiger partial charge in [0, 0.05) is 16.0 Å². The van der Waals surface area contributed by atoms with Crippen LogP contribution in [0.25, 0.3) is 0 Å². The highest BCUT2D eigenvalue weighted by Gasteiger charge is 2.34. The minimum absolute atomic E-state index is 0.148. The van der Waals surface area contributed by atoms with E-state index in [-0.39, 0.29) is 18.8 Å². The molecule has 0 bridgehead atoms. The van der Waals surface area contributed by atoms with Crippen LogP contribution in [-0.4, -0.2) is 34.7 Å². The van der Waals surface area contributed by atoms with Crippen LogP contribution in [0.4, 0.5) is 0 Å². The van der Waals surface area contributed by atoms with Crippen molar-refractivity contribution in [1.82, 2.24) is 0 Å². The van der Waals surface area contributed by atoms with Crippen molar-refractivity contribution in [1.29, 1.82) is 0 Å². The average Bonchev–Trinajstić information content (AvgIpc) is 2.68. The number of methoxy groups -OCH3 is 3. The quantitative estimate of drug-likeness (QED) is 0.690. The average molecular weight is 423 g/mol. The van der Waals surface area contributed by atoms with Gasteiger partial charge in [0.2, 0.25) is 5.75 Å². The zero-order valence-corrected chi connectivity index (χ0v) is 16.7. The topological polar surface area (TPSA) is 46.2 Å². The van der Waals surface area contributed by atoms with Crippen molar-refractivity contribution in [3.63, 3.8) is 0 Å². The lowest BCUT2D eigenvalue weighted by Gasteiger charge is -2.34. The molecular weight excluding hydrogens is 400 g/mol. The van der Waals surface area contributed by atoms with Gasteiger partial charge < -0.3 is 23.7 Å². The van der Waals surface area contributed by atoms with Crippen molar-refractivity contribution < 1.29 is 23.7 Å². The maximum absolute atomic E-state index is 6.02. The third-order valence-electron chi connectivity index (χ3n) is 4.53. The molecule has 0 N–H and O–H groups in total. The summed E-state index contributed by atoms with van der Waals surface area (Å²) in [7, 11) is 4.83. The van der Waals surface area contributed by atoms with E-state index in [2.05, 4.69) is 28.1 Å². The number of halogens is 1. The highest BCUT2D eigenvalue weighted by molar-refractivity contribution is 9.10. The lowest BCUT2D eigenvalue weighted by molar-refractivity contribution is -0.172. The number of hydrogen-bond donors (Lipinski definition) is 0. The van der Waals surface area contributed by atoms with Gasteiger partial charge in [-0.05, 0) is 18.1 Å². The minimum atomic E-state index is -0.187. The van der Waals surface area contributed by atoms with E-state index in [1.165, 1.54) is 5.56 Å². The first-order chi connectivity index (χ1) is 12.7. The van der Waals surface area contributed by atoms with Gasteiger partial charge in [0.1, 0.15) is 6.79 Å². The number of benzene rings is 2. The van der Waals surface area contributed by atoms with Gasteiger partial charge in [-0.2, -0.15) is 0 Å². The Hall–Kier alpha value is -1.76. The van der Waals surface area contributed by atoms with Gasteiger partial charge >= 0.3 is 0 Å². The SMILES string of the molecule is COc1cc(Br)c([C@@H]2OCOC[C@H]2Cc2ccccc2)c(OC)c1OC. The van der Waals surface area contributed by atoms with Gasteiger partial charge in [0.25, 0.3) is 0 Å². The first-order valence-corrected chi connectivity index (χ1v) is 9.20. The molecule has 2 aromatic rings. The second-order valence-electron chi connectivity index (χ2n) is 6.07. The Bertz CT molecular complexity index is 735. The molecule has 1 fully saturated rings. The van der Waals surface area contributed by atoms with Crippen molar-refractivity contribution in [2.75, 3.05) is 34.7 Å². The molecule has 26 heavy (non-hydrogen) atoms. The van der Waals surface area contributed by atoms with E-state index in [1.54, 1.807) is 21.3 Å².